The molecule has 0 radical (unpaired) electrons. The van der Waals surface area contributed by atoms with E-state index in [0.29, 0.717) is 12.0 Å². The van der Waals surface area contributed by atoms with Gasteiger partial charge >= 0.3 is 0 Å². The minimum Gasteiger partial charge on any atom is -0.343 e. The van der Waals surface area contributed by atoms with Crippen molar-refractivity contribution in [1.82, 2.24) is 5.32 Å². The molecule has 0 bridgehead atoms. The Morgan fingerprint density at radius 2 is 2.12 bits per heavy atom. The number of Topliss-reactive ketones (excluding diaryl/α,β-unsaturated/α-hetero) is 1. The first kappa shape index (κ1) is 13.2. The summed E-state index contributed by atoms with van der Waals surface area (Å²) < 4.78 is 1.000. The molecule has 0 saturated carbocycles. The predicted octanol–water partition coefficient (Wildman–Crippen LogP) is 2.39. The van der Waals surface area contributed by atoms with E-state index in [0.717, 1.165) is 3.57 Å². The molecule has 0 fully saturated rings. The van der Waals surface area contributed by atoms with Crippen LogP contribution in [0.15, 0.2) is 24.3 Å². The van der Waals surface area contributed by atoms with E-state index >= 15 is 0 Å². The number of hydrogen-bond donors (Lipinski definition) is 1. The number of hydrogen-bond acceptors (Lipinski definition) is 2. The van der Waals surface area contributed by atoms with Crippen molar-refractivity contribution >= 4 is 34.3 Å². The molecule has 0 spiro atoms. The SMILES string of the molecule is CCC(=O)C(C)NC(=O)c1cccc(I)c1. The Bertz CT molecular complexity index is 404. The molecule has 86 valence electrons. The van der Waals surface area contributed by atoms with Crippen molar-refractivity contribution in [2.75, 3.05) is 0 Å². The predicted molar refractivity (Wildman–Crippen MR) is 71.4 cm³/mol. The van der Waals surface area contributed by atoms with Crippen molar-refractivity contribution in [1.29, 1.82) is 0 Å². The van der Waals surface area contributed by atoms with Crippen LogP contribution in [-0.2, 0) is 4.79 Å². The zero-order valence-electron chi connectivity index (χ0n) is 9.29. The van der Waals surface area contributed by atoms with E-state index in [1.807, 2.05) is 12.1 Å². The highest BCUT2D eigenvalue weighted by Crippen LogP contribution is 2.08. The third-order valence-corrected chi connectivity index (χ3v) is 2.94. The molecule has 0 aliphatic carbocycles. The Morgan fingerprint density at radius 3 is 2.69 bits per heavy atom. The van der Waals surface area contributed by atoms with Crippen molar-refractivity contribution < 1.29 is 9.59 Å². The Morgan fingerprint density at radius 1 is 1.44 bits per heavy atom. The molecule has 0 saturated heterocycles. The summed E-state index contributed by atoms with van der Waals surface area (Å²) in [5.74, 6) is -0.160. The molecule has 1 aromatic carbocycles. The van der Waals surface area contributed by atoms with Gasteiger partial charge in [0.25, 0.3) is 5.91 Å². The van der Waals surface area contributed by atoms with Crippen molar-refractivity contribution in [3.8, 4) is 0 Å². The standard InChI is InChI=1S/C12H14INO2/c1-3-11(15)8(2)14-12(16)9-5-4-6-10(13)7-9/h4-8H,3H2,1-2H3,(H,14,16). The van der Waals surface area contributed by atoms with Crippen LogP contribution in [0, 0.1) is 3.57 Å². The Kier molecular flexibility index (Phi) is 4.92. The van der Waals surface area contributed by atoms with Gasteiger partial charge in [-0.05, 0) is 47.7 Å². The number of halogens is 1. The van der Waals surface area contributed by atoms with E-state index in [9.17, 15) is 9.59 Å². The maximum absolute atomic E-state index is 11.8. The van der Waals surface area contributed by atoms with Crippen molar-refractivity contribution in [3.63, 3.8) is 0 Å². The molecule has 0 aliphatic rings. The van der Waals surface area contributed by atoms with Crippen LogP contribution in [0.5, 0.6) is 0 Å². The molecule has 1 amide bonds. The fourth-order valence-corrected chi connectivity index (χ4v) is 1.84. The van der Waals surface area contributed by atoms with E-state index in [1.54, 1.807) is 26.0 Å². The molecular formula is C12H14INO2. The molecule has 4 heteroatoms. The molecule has 0 aliphatic heterocycles. The minimum absolute atomic E-state index is 0.0407. The smallest absolute Gasteiger partial charge is 0.251 e. The van der Waals surface area contributed by atoms with Gasteiger partial charge in [0, 0.05) is 15.6 Å². The molecule has 1 rings (SSSR count). The number of nitrogens with one attached hydrogen (secondary N) is 1. The van der Waals surface area contributed by atoms with Gasteiger partial charge in [0.2, 0.25) is 0 Å². The van der Waals surface area contributed by atoms with Gasteiger partial charge in [0.1, 0.15) is 0 Å². The molecule has 16 heavy (non-hydrogen) atoms. The molecule has 3 nitrogen and oxygen atoms in total. The zero-order chi connectivity index (χ0) is 12.1. The van der Waals surface area contributed by atoms with Gasteiger partial charge in [-0.3, -0.25) is 9.59 Å². The minimum atomic E-state index is -0.421. The maximum Gasteiger partial charge on any atom is 0.251 e. The Balaban J connectivity index is 2.69. The third kappa shape index (κ3) is 3.59. The second kappa shape index (κ2) is 5.98. The van der Waals surface area contributed by atoms with Crippen molar-refractivity contribution in [3.05, 3.63) is 33.4 Å². The molecular weight excluding hydrogens is 317 g/mol. The first-order valence-corrected chi connectivity index (χ1v) is 6.21. The number of amides is 1. The summed E-state index contributed by atoms with van der Waals surface area (Å²) >= 11 is 2.15. The summed E-state index contributed by atoms with van der Waals surface area (Å²) in [4.78, 5) is 23.1. The number of ketones is 1. The molecule has 0 aromatic heterocycles. The summed E-state index contributed by atoms with van der Waals surface area (Å²) in [6.45, 7) is 3.49. The average Bonchev–Trinajstić information content (AvgIpc) is 2.27. The monoisotopic (exact) mass is 331 g/mol. The maximum atomic E-state index is 11.8. The summed E-state index contributed by atoms with van der Waals surface area (Å²) in [5.41, 5.74) is 0.586. The Hall–Kier alpha value is -0.910. The van der Waals surface area contributed by atoms with Gasteiger partial charge in [-0.15, -0.1) is 0 Å². The van der Waals surface area contributed by atoms with Crippen LogP contribution in [0.2, 0.25) is 0 Å². The van der Waals surface area contributed by atoms with Gasteiger partial charge in [-0.25, -0.2) is 0 Å². The molecule has 1 aromatic rings. The van der Waals surface area contributed by atoms with Crippen molar-refractivity contribution in [2.45, 2.75) is 26.3 Å². The van der Waals surface area contributed by atoms with E-state index in [-0.39, 0.29) is 11.7 Å². The highest BCUT2D eigenvalue weighted by molar-refractivity contribution is 14.1. The summed E-state index contributed by atoms with van der Waals surface area (Å²) in [6, 6.07) is 6.84. The van der Waals surface area contributed by atoms with Gasteiger partial charge < -0.3 is 5.32 Å². The van der Waals surface area contributed by atoms with Crippen LogP contribution < -0.4 is 5.32 Å². The fraction of sp³-hybridized carbons (Fsp3) is 0.333. The lowest BCUT2D eigenvalue weighted by atomic mass is 10.1. The molecule has 1 atom stereocenters. The van der Waals surface area contributed by atoms with Crippen LogP contribution >= 0.6 is 22.6 Å². The van der Waals surface area contributed by atoms with Gasteiger partial charge in [-0.1, -0.05) is 13.0 Å². The highest BCUT2D eigenvalue weighted by atomic mass is 127. The van der Waals surface area contributed by atoms with E-state index in [4.69, 9.17) is 0 Å². The van der Waals surface area contributed by atoms with Crippen LogP contribution in [0.25, 0.3) is 0 Å². The van der Waals surface area contributed by atoms with E-state index in [2.05, 4.69) is 27.9 Å². The Labute approximate surface area is 109 Å². The van der Waals surface area contributed by atoms with E-state index in [1.165, 1.54) is 0 Å². The largest absolute Gasteiger partial charge is 0.343 e. The zero-order valence-corrected chi connectivity index (χ0v) is 11.4. The molecule has 0 heterocycles. The second-order valence-corrected chi connectivity index (χ2v) is 4.77. The van der Waals surface area contributed by atoms with Crippen LogP contribution in [-0.4, -0.2) is 17.7 Å². The number of benzene rings is 1. The summed E-state index contributed by atoms with van der Waals surface area (Å²) in [5, 5.41) is 2.68. The van der Waals surface area contributed by atoms with E-state index < -0.39 is 6.04 Å². The van der Waals surface area contributed by atoms with Crippen LogP contribution in [0.3, 0.4) is 0 Å². The van der Waals surface area contributed by atoms with Gasteiger partial charge in [0.15, 0.2) is 5.78 Å². The first-order chi connectivity index (χ1) is 7.54. The first-order valence-electron chi connectivity index (χ1n) is 5.13. The van der Waals surface area contributed by atoms with Crippen molar-refractivity contribution in [2.24, 2.45) is 0 Å². The van der Waals surface area contributed by atoms with Gasteiger partial charge in [0.05, 0.1) is 6.04 Å². The van der Waals surface area contributed by atoms with Crippen LogP contribution in [0.4, 0.5) is 0 Å². The fourth-order valence-electron chi connectivity index (χ4n) is 1.30. The molecule has 1 unspecified atom stereocenters. The second-order valence-electron chi connectivity index (χ2n) is 3.53. The lowest BCUT2D eigenvalue weighted by molar-refractivity contribution is -0.120. The highest BCUT2D eigenvalue weighted by Gasteiger charge is 2.14. The molecule has 1 N–H and O–H groups in total. The third-order valence-electron chi connectivity index (χ3n) is 2.27. The lowest BCUT2D eigenvalue weighted by Gasteiger charge is -2.11. The number of carbonyl (C=O) groups excluding carboxylic acids is 2. The average molecular weight is 331 g/mol. The number of carbonyl (C=O) groups is 2. The normalized spacial score (nSPS) is 11.9. The summed E-state index contributed by atoms with van der Waals surface area (Å²) in [6.07, 6.45) is 0.438. The quantitative estimate of drug-likeness (QED) is 0.861. The lowest BCUT2D eigenvalue weighted by Crippen LogP contribution is -2.38. The topological polar surface area (TPSA) is 46.2 Å². The van der Waals surface area contributed by atoms with Gasteiger partial charge in [-0.2, -0.15) is 0 Å². The van der Waals surface area contributed by atoms with Crippen LogP contribution in [0.1, 0.15) is 30.6 Å². The number of rotatable bonds is 4. The summed E-state index contributed by atoms with van der Waals surface area (Å²) in [7, 11) is 0.